The molecule has 0 bridgehead atoms. The van der Waals surface area contributed by atoms with Gasteiger partial charge in [-0.3, -0.25) is 4.57 Å². The highest BCUT2D eigenvalue weighted by atomic mass is 16.3. The maximum Gasteiger partial charge on any atom is 0.170 e. The molecule has 126 valence electrons. The minimum atomic E-state index is -0.763. The van der Waals surface area contributed by atoms with Crippen LogP contribution in [0.15, 0.2) is 43.0 Å². The van der Waals surface area contributed by atoms with Gasteiger partial charge >= 0.3 is 0 Å². The second kappa shape index (κ2) is 6.19. The fourth-order valence-electron chi connectivity index (χ4n) is 3.33. The molecular formula is C19H19N5O. The lowest BCUT2D eigenvalue weighted by atomic mass is 9.88. The number of anilines is 1. The quantitative estimate of drug-likeness (QED) is 0.744. The molecule has 4 rings (SSSR count). The molecule has 6 nitrogen and oxygen atoms in total. The van der Waals surface area contributed by atoms with E-state index in [4.69, 9.17) is 6.42 Å². The van der Waals surface area contributed by atoms with E-state index in [0.717, 1.165) is 22.7 Å². The van der Waals surface area contributed by atoms with Gasteiger partial charge in [-0.15, -0.1) is 12.3 Å². The Morgan fingerprint density at radius 1 is 1.12 bits per heavy atom. The van der Waals surface area contributed by atoms with E-state index in [1.807, 2.05) is 34.9 Å². The Morgan fingerprint density at radius 2 is 1.88 bits per heavy atom. The molecule has 1 fully saturated rings. The summed E-state index contributed by atoms with van der Waals surface area (Å²) in [5.74, 6) is 3.38. The van der Waals surface area contributed by atoms with Crippen molar-refractivity contribution >= 4 is 17.0 Å². The predicted molar refractivity (Wildman–Crippen MR) is 96.5 cm³/mol. The number of nitrogens with zero attached hydrogens (tertiary/aromatic N) is 5. The van der Waals surface area contributed by atoms with Crippen LogP contribution in [0.5, 0.6) is 0 Å². The van der Waals surface area contributed by atoms with Crippen LogP contribution in [0.2, 0.25) is 0 Å². The largest absolute Gasteiger partial charge is 0.389 e. The van der Waals surface area contributed by atoms with E-state index < -0.39 is 5.60 Å². The Hall–Kier alpha value is -2.91. The number of hydrogen-bond donors (Lipinski definition) is 1. The Balaban J connectivity index is 1.66. The summed E-state index contributed by atoms with van der Waals surface area (Å²) in [6, 6.07) is 9.99. The van der Waals surface area contributed by atoms with Crippen molar-refractivity contribution in [2.45, 2.75) is 24.9 Å². The minimum Gasteiger partial charge on any atom is -0.389 e. The van der Waals surface area contributed by atoms with E-state index in [0.29, 0.717) is 32.4 Å². The van der Waals surface area contributed by atoms with Crippen LogP contribution in [0, 0.1) is 12.3 Å². The Morgan fingerprint density at radius 3 is 2.60 bits per heavy atom. The third-order valence-electron chi connectivity index (χ3n) is 4.77. The molecule has 1 aromatic carbocycles. The zero-order chi connectivity index (χ0) is 17.3. The summed E-state index contributed by atoms with van der Waals surface area (Å²) in [4.78, 5) is 15.6. The average molecular weight is 333 g/mol. The summed E-state index contributed by atoms with van der Waals surface area (Å²) in [5.41, 5.74) is 1.80. The highest BCUT2D eigenvalue weighted by Gasteiger charge is 2.32. The normalized spacial score (nSPS) is 16.7. The van der Waals surface area contributed by atoms with Crippen molar-refractivity contribution in [3.05, 3.63) is 43.0 Å². The molecule has 0 atom stereocenters. The van der Waals surface area contributed by atoms with Gasteiger partial charge in [-0.2, -0.15) is 0 Å². The lowest BCUT2D eigenvalue weighted by Gasteiger charge is -2.37. The number of hydrogen-bond acceptors (Lipinski definition) is 5. The van der Waals surface area contributed by atoms with Gasteiger partial charge in [-0.05, 0) is 25.0 Å². The molecule has 0 spiro atoms. The molecular weight excluding hydrogens is 314 g/mol. The molecule has 0 radical (unpaired) electrons. The topological polar surface area (TPSA) is 67.1 Å². The fourth-order valence-corrected chi connectivity index (χ4v) is 3.33. The number of benzene rings is 1. The Kier molecular flexibility index (Phi) is 3.86. The van der Waals surface area contributed by atoms with Crippen LogP contribution in [0.25, 0.3) is 16.9 Å². The Labute approximate surface area is 146 Å². The number of para-hydroxylation sites is 1. The first-order valence-electron chi connectivity index (χ1n) is 8.34. The van der Waals surface area contributed by atoms with Crippen LogP contribution in [0.4, 0.5) is 5.82 Å². The lowest BCUT2D eigenvalue weighted by molar-refractivity contribution is 0.0211. The van der Waals surface area contributed by atoms with Gasteiger partial charge in [0.05, 0.1) is 5.60 Å². The Bertz CT molecular complexity index is 920. The van der Waals surface area contributed by atoms with Crippen LogP contribution in [-0.4, -0.2) is 43.3 Å². The van der Waals surface area contributed by atoms with Crippen LogP contribution in [-0.2, 0) is 0 Å². The molecule has 0 unspecified atom stereocenters. The summed E-state index contributed by atoms with van der Waals surface area (Å²) in [7, 11) is 0. The standard InChI is InChI=1S/C19H19N5O/c1-2-8-19(25)9-11-23(12-10-19)17-16-18(21-13-20-17)24(14-22-16)15-6-4-3-5-7-15/h1,3-7,13-14,25H,8-12H2. The number of rotatable bonds is 3. The number of imidazole rings is 1. The lowest BCUT2D eigenvalue weighted by Crippen LogP contribution is -2.44. The average Bonchev–Trinajstić information content (AvgIpc) is 3.07. The number of aliphatic hydroxyl groups is 1. The number of piperidine rings is 1. The molecule has 3 aromatic rings. The van der Waals surface area contributed by atoms with Gasteiger partial charge in [0.2, 0.25) is 0 Å². The zero-order valence-corrected chi connectivity index (χ0v) is 13.8. The summed E-state index contributed by atoms with van der Waals surface area (Å²) >= 11 is 0. The van der Waals surface area contributed by atoms with Gasteiger partial charge in [0, 0.05) is 25.2 Å². The van der Waals surface area contributed by atoms with E-state index in [1.54, 1.807) is 12.7 Å². The third kappa shape index (κ3) is 2.83. The second-order valence-electron chi connectivity index (χ2n) is 6.41. The predicted octanol–water partition coefficient (Wildman–Crippen LogP) is 2.17. The molecule has 0 amide bonds. The highest BCUT2D eigenvalue weighted by Crippen LogP contribution is 2.30. The van der Waals surface area contributed by atoms with Crippen LogP contribution >= 0.6 is 0 Å². The molecule has 1 saturated heterocycles. The summed E-state index contributed by atoms with van der Waals surface area (Å²) in [5, 5.41) is 10.5. The van der Waals surface area contributed by atoms with Crippen molar-refractivity contribution in [2.24, 2.45) is 0 Å². The monoisotopic (exact) mass is 333 g/mol. The zero-order valence-electron chi connectivity index (χ0n) is 13.8. The van der Waals surface area contributed by atoms with Crippen LogP contribution in [0.1, 0.15) is 19.3 Å². The molecule has 2 aromatic heterocycles. The number of fused-ring (bicyclic) bond motifs is 1. The molecule has 0 aliphatic carbocycles. The van der Waals surface area contributed by atoms with Gasteiger partial charge in [0.25, 0.3) is 0 Å². The number of terminal acetylenes is 1. The van der Waals surface area contributed by atoms with E-state index in [1.165, 1.54) is 0 Å². The van der Waals surface area contributed by atoms with Gasteiger partial charge < -0.3 is 10.0 Å². The van der Waals surface area contributed by atoms with Crippen molar-refractivity contribution in [3.63, 3.8) is 0 Å². The van der Waals surface area contributed by atoms with Gasteiger partial charge in [0.15, 0.2) is 17.0 Å². The first-order chi connectivity index (χ1) is 12.2. The van der Waals surface area contributed by atoms with Crippen molar-refractivity contribution < 1.29 is 5.11 Å². The van der Waals surface area contributed by atoms with Gasteiger partial charge in [0.1, 0.15) is 12.7 Å². The van der Waals surface area contributed by atoms with Crippen molar-refractivity contribution in [1.29, 1.82) is 0 Å². The fraction of sp³-hybridized carbons (Fsp3) is 0.316. The first-order valence-corrected chi connectivity index (χ1v) is 8.34. The molecule has 25 heavy (non-hydrogen) atoms. The molecule has 3 heterocycles. The molecule has 1 aliphatic rings. The summed E-state index contributed by atoms with van der Waals surface area (Å²) in [6.07, 6.45) is 10.4. The van der Waals surface area contributed by atoms with Crippen molar-refractivity contribution in [3.8, 4) is 18.0 Å². The van der Waals surface area contributed by atoms with Gasteiger partial charge in [-0.25, -0.2) is 15.0 Å². The molecule has 0 saturated carbocycles. The SMILES string of the molecule is C#CCC1(O)CCN(c2ncnc3c2ncn3-c2ccccc2)CC1. The van der Waals surface area contributed by atoms with E-state index in [9.17, 15) is 5.11 Å². The van der Waals surface area contributed by atoms with Crippen LogP contribution in [0.3, 0.4) is 0 Å². The number of aromatic nitrogens is 4. The molecule has 6 heteroatoms. The van der Waals surface area contributed by atoms with Gasteiger partial charge in [-0.1, -0.05) is 18.2 Å². The summed E-state index contributed by atoms with van der Waals surface area (Å²) in [6.45, 7) is 1.39. The summed E-state index contributed by atoms with van der Waals surface area (Å²) < 4.78 is 1.96. The third-order valence-corrected chi connectivity index (χ3v) is 4.77. The van der Waals surface area contributed by atoms with Crippen molar-refractivity contribution in [2.75, 3.05) is 18.0 Å². The maximum atomic E-state index is 10.5. The smallest absolute Gasteiger partial charge is 0.170 e. The molecule has 1 N–H and O–H groups in total. The van der Waals surface area contributed by atoms with E-state index in [-0.39, 0.29) is 0 Å². The first kappa shape index (κ1) is 15.6. The van der Waals surface area contributed by atoms with E-state index in [2.05, 4.69) is 25.8 Å². The molecule has 1 aliphatic heterocycles. The van der Waals surface area contributed by atoms with E-state index >= 15 is 0 Å². The highest BCUT2D eigenvalue weighted by molar-refractivity contribution is 5.84. The second-order valence-corrected chi connectivity index (χ2v) is 6.41. The van der Waals surface area contributed by atoms with Crippen molar-refractivity contribution in [1.82, 2.24) is 19.5 Å². The van der Waals surface area contributed by atoms with Crippen LogP contribution < -0.4 is 4.90 Å². The maximum absolute atomic E-state index is 10.5. The minimum absolute atomic E-state index is 0.392.